The van der Waals surface area contributed by atoms with Gasteiger partial charge in [0.05, 0.1) is 12.1 Å². The van der Waals surface area contributed by atoms with Gasteiger partial charge in [0, 0.05) is 24.5 Å². The van der Waals surface area contributed by atoms with E-state index in [1.807, 2.05) is 37.3 Å². The molecule has 1 aromatic carbocycles. The highest BCUT2D eigenvalue weighted by atomic mass is 16.5. The van der Waals surface area contributed by atoms with Crippen molar-refractivity contribution in [3.63, 3.8) is 0 Å². The van der Waals surface area contributed by atoms with Crippen molar-refractivity contribution in [3.05, 3.63) is 48.2 Å². The Kier molecular flexibility index (Phi) is 4.95. The quantitative estimate of drug-likeness (QED) is 0.736. The summed E-state index contributed by atoms with van der Waals surface area (Å²) in [5.41, 5.74) is 0.848. The summed E-state index contributed by atoms with van der Waals surface area (Å²) in [5.74, 6) is 1.96. The molecule has 3 heterocycles. The zero-order valence-electron chi connectivity index (χ0n) is 15.9. The van der Waals surface area contributed by atoms with E-state index in [1.165, 1.54) is 0 Å². The van der Waals surface area contributed by atoms with Gasteiger partial charge in [-0.3, -0.25) is 9.78 Å². The van der Waals surface area contributed by atoms with Gasteiger partial charge in [0.25, 0.3) is 0 Å². The zero-order chi connectivity index (χ0) is 19.7. The molecule has 0 radical (unpaired) electrons. The number of β-amino-alcohol motifs (C(OH)–C–C–N with tert-alkyl or cyclic N) is 1. The maximum Gasteiger partial charge on any atom is 0.244 e. The minimum Gasteiger partial charge on any atom is -0.487 e. The number of aliphatic hydroxyl groups excluding tert-OH is 1. The van der Waals surface area contributed by atoms with E-state index in [1.54, 1.807) is 22.7 Å². The van der Waals surface area contributed by atoms with Crippen LogP contribution in [-0.2, 0) is 11.3 Å². The summed E-state index contributed by atoms with van der Waals surface area (Å²) in [6, 6.07) is 9.50. The van der Waals surface area contributed by atoms with Gasteiger partial charge in [-0.25, -0.2) is 9.67 Å². The third-order valence-electron chi connectivity index (χ3n) is 5.00. The van der Waals surface area contributed by atoms with E-state index in [-0.39, 0.29) is 25.1 Å². The normalized spacial score (nSPS) is 19.8. The van der Waals surface area contributed by atoms with E-state index in [0.717, 1.165) is 10.9 Å². The lowest BCUT2D eigenvalue weighted by Crippen LogP contribution is -2.51. The van der Waals surface area contributed by atoms with Crippen LogP contribution in [0.25, 0.3) is 10.9 Å². The van der Waals surface area contributed by atoms with Crippen molar-refractivity contribution in [2.24, 2.45) is 0 Å². The number of piperidine rings is 1. The van der Waals surface area contributed by atoms with E-state index in [2.05, 4.69) is 15.1 Å². The number of amides is 1. The fourth-order valence-electron chi connectivity index (χ4n) is 3.55. The van der Waals surface area contributed by atoms with E-state index in [0.29, 0.717) is 30.4 Å². The van der Waals surface area contributed by atoms with Crippen LogP contribution in [-0.4, -0.2) is 61.0 Å². The van der Waals surface area contributed by atoms with Crippen LogP contribution >= 0.6 is 0 Å². The van der Waals surface area contributed by atoms with E-state index in [4.69, 9.17) is 4.74 Å². The fraction of sp³-hybridized carbons (Fsp3) is 0.400. The van der Waals surface area contributed by atoms with Gasteiger partial charge in [0.1, 0.15) is 36.2 Å². The number of pyridine rings is 1. The average molecular weight is 381 g/mol. The molecule has 1 aliphatic heterocycles. The highest BCUT2D eigenvalue weighted by molar-refractivity contribution is 5.84. The summed E-state index contributed by atoms with van der Waals surface area (Å²) < 4.78 is 7.69. The predicted octanol–water partition coefficient (Wildman–Crippen LogP) is 1.48. The number of aryl methyl sites for hydroxylation is 2. The third-order valence-corrected chi connectivity index (χ3v) is 5.00. The maximum absolute atomic E-state index is 12.6. The van der Waals surface area contributed by atoms with Gasteiger partial charge < -0.3 is 14.7 Å². The van der Waals surface area contributed by atoms with Crippen molar-refractivity contribution in [1.82, 2.24) is 24.6 Å². The number of aromatic nitrogens is 4. The van der Waals surface area contributed by atoms with Crippen LogP contribution in [0.1, 0.15) is 18.1 Å². The van der Waals surface area contributed by atoms with Gasteiger partial charge in [-0.05, 0) is 38.1 Å². The van der Waals surface area contributed by atoms with E-state index >= 15 is 0 Å². The number of rotatable bonds is 4. The van der Waals surface area contributed by atoms with E-state index < -0.39 is 6.10 Å². The van der Waals surface area contributed by atoms with Gasteiger partial charge in [-0.1, -0.05) is 6.07 Å². The molecule has 0 saturated carbocycles. The number of hydrogen-bond acceptors (Lipinski definition) is 6. The molecule has 1 N–H and O–H groups in total. The van der Waals surface area contributed by atoms with Crippen molar-refractivity contribution in [2.45, 2.75) is 39.0 Å². The SMILES string of the molecule is Cc1nc(C)n(CC(=O)N2CC[C@@H](Oc3cccc4ncccc34)[C@H](O)C2)n1. The molecule has 8 nitrogen and oxygen atoms in total. The Morgan fingerprint density at radius 2 is 2.14 bits per heavy atom. The number of carbonyl (C=O) groups is 1. The van der Waals surface area contributed by atoms with Crippen LogP contribution in [0.4, 0.5) is 0 Å². The molecule has 3 aromatic rings. The molecule has 0 aliphatic carbocycles. The van der Waals surface area contributed by atoms with Crippen molar-refractivity contribution in [2.75, 3.05) is 13.1 Å². The van der Waals surface area contributed by atoms with Gasteiger partial charge >= 0.3 is 0 Å². The van der Waals surface area contributed by atoms with Crippen molar-refractivity contribution in [3.8, 4) is 5.75 Å². The monoisotopic (exact) mass is 381 g/mol. The number of nitrogens with zero attached hydrogens (tertiary/aromatic N) is 5. The van der Waals surface area contributed by atoms with Crippen LogP contribution in [0.5, 0.6) is 5.75 Å². The summed E-state index contributed by atoms with van der Waals surface area (Å²) in [5, 5.41) is 15.7. The number of aliphatic hydroxyl groups is 1. The molecular weight excluding hydrogens is 358 g/mol. The number of fused-ring (bicyclic) bond motifs is 1. The number of carbonyl (C=O) groups excluding carboxylic acids is 1. The molecule has 0 bridgehead atoms. The number of likely N-dealkylation sites (tertiary alicyclic amines) is 1. The Hall–Kier alpha value is -3.00. The molecule has 4 rings (SSSR count). The second kappa shape index (κ2) is 7.55. The van der Waals surface area contributed by atoms with Gasteiger partial charge in [0.15, 0.2) is 0 Å². The summed E-state index contributed by atoms with van der Waals surface area (Å²) >= 11 is 0. The standard InChI is InChI=1S/C20H23N5O3/c1-13-22-14(2)25(23-13)12-20(27)24-10-8-19(17(26)11-24)28-18-7-3-6-16-15(18)5-4-9-21-16/h3-7,9,17,19,26H,8,10-12H2,1-2H3/t17-,19-/m1/s1. The second-order valence-electron chi connectivity index (χ2n) is 7.04. The third kappa shape index (κ3) is 3.68. The molecule has 1 aliphatic rings. The highest BCUT2D eigenvalue weighted by Crippen LogP contribution is 2.27. The Morgan fingerprint density at radius 3 is 2.89 bits per heavy atom. The molecule has 28 heavy (non-hydrogen) atoms. The summed E-state index contributed by atoms with van der Waals surface area (Å²) in [6.07, 6.45) is 1.16. The highest BCUT2D eigenvalue weighted by Gasteiger charge is 2.32. The van der Waals surface area contributed by atoms with Crippen LogP contribution in [0.15, 0.2) is 36.5 Å². The molecule has 1 saturated heterocycles. The molecular formula is C20H23N5O3. The first-order valence-corrected chi connectivity index (χ1v) is 9.35. The molecule has 0 spiro atoms. The molecule has 0 unspecified atom stereocenters. The van der Waals surface area contributed by atoms with Crippen molar-refractivity contribution < 1.29 is 14.6 Å². The van der Waals surface area contributed by atoms with Crippen LogP contribution in [0, 0.1) is 13.8 Å². The van der Waals surface area contributed by atoms with Crippen molar-refractivity contribution >= 4 is 16.8 Å². The first kappa shape index (κ1) is 18.4. The number of hydrogen-bond donors (Lipinski definition) is 1. The first-order valence-electron chi connectivity index (χ1n) is 9.35. The van der Waals surface area contributed by atoms with Crippen LogP contribution < -0.4 is 4.74 Å². The Labute approximate surface area is 162 Å². The summed E-state index contributed by atoms with van der Waals surface area (Å²) in [6.45, 7) is 4.50. The predicted molar refractivity (Wildman–Crippen MR) is 103 cm³/mol. The van der Waals surface area contributed by atoms with Gasteiger partial charge in [-0.15, -0.1) is 0 Å². The molecule has 2 aromatic heterocycles. The molecule has 1 amide bonds. The molecule has 2 atom stereocenters. The smallest absolute Gasteiger partial charge is 0.244 e. The lowest BCUT2D eigenvalue weighted by atomic mass is 10.0. The minimum atomic E-state index is -0.761. The van der Waals surface area contributed by atoms with Crippen LogP contribution in [0.2, 0.25) is 0 Å². The van der Waals surface area contributed by atoms with Gasteiger partial charge in [0.2, 0.25) is 5.91 Å². The Bertz CT molecular complexity index is 997. The van der Waals surface area contributed by atoms with Crippen molar-refractivity contribution in [1.29, 1.82) is 0 Å². The molecule has 1 fully saturated rings. The topological polar surface area (TPSA) is 93.4 Å². The second-order valence-corrected chi connectivity index (χ2v) is 7.04. The van der Waals surface area contributed by atoms with Crippen LogP contribution in [0.3, 0.4) is 0 Å². The lowest BCUT2D eigenvalue weighted by Gasteiger charge is -2.36. The summed E-state index contributed by atoms with van der Waals surface area (Å²) in [7, 11) is 0. The number of ether oxygens (including phenoxy) is 1. The first-order chi connectivity index (χ1) is 13.5. The average Bonchev–Trinajstić information content (AvgIpc) is 3.00. The zero-order valence-corrected chi connectivity index (χ0v) is 15.9. The summed E-state index contributed by atoms with van der Waals surface area (Å²) in [4.78, 5) is 22.8. The molecule has 8 heteroatoms. The largest absolute Gasteiger partial charge is 0.487 e. The Morgan fingerprint density at radius 1 is 1.29 bits per heavy atom. The maximum atomic E-state index is 12.6. The fourth-order valence-corrected chi connectivity index (χ4v) is 3.55. The molecule has 146 valence electrons. The van der Waals surface area contributed by atoms with E-state index in [9.17, 15) is 9.90 Å². The minimum absolute atomic E-state index is 0.0835. The lowest BCUT2D eigenvalue weighted by molar-refractivity contribution is -0.137. The van der Waals surface area contributed by atoms with Gasteiger partial charge in [-0.2, -0.15) is 5.10 Å². The Balaban J connectivity index is 1.41. The number of benzene rings is 1.